The molecule has 6 aromatic carbocycles. The van der Waals surface area contributed by atoms with Crippen molar-refractivity contribution < 1.29 is 0 Å². The van der Waals surface area contributed by atoms with Gasteiger partial charge in [0.25, 0.3) is 0 Å². The van der Waals surface area contributed by atoms with E-state index in [4.69, 9.17) is 0 Å². The van der Waals surface area contributed by atoms with Gasteiger partial charge in [0.15, 0.2) is 0 Å². The Labute approximate surface area is 267 Å². The Morgan fingerprint density at radius 2 is 0.870 bits per heavy atom. The van der Waals surface area contributed by atoms with Crippen LogP contribution in [0.5, 0.6) is 0 Å². The molecule has 0 amide bonds. The van der Waals surface area contributed by atoms with Crippen LogP contribution < -0.4 is 4.90 Å². The van der Waals surface area contributed by atoms with E-state index in [1.165, 1.54) is 49.3 Å². The Hall–Kier alpha value is -6.06. The maximum absolute atomic E-state index is 2.38. The number of nitrogens with zero attached hydrogens (tertiary/aromatic N) is 3. The molecule has 0 aliphatic heterocycles. The van der Waals surface area contributed by atoms with E-state index >= 15 is 0 Å². The minimum atomic E-state index is 0.806. The molecule has 2 heterocycles. The van der Waals surface area contributed by atoms with E-state index < -0.39 is 0 Å². The van der Waals surface area contributed by atoms with E-state index in [-0.39, 0.29) is 0 Å². The van der Waals surface area contributed by atoms with Crippen LogP contribution in [0.4, 0.5) is 11.4 Å². The van der Waals surface area contributed by atoms with Crippen molar-refractivity contribution in [3.8, 4) is 5.69 Å². The Kier molecular flexibility index (Phi) is 6.20. The van der Waals surface area contributed by atoms with Gasteiger partial charge in [0.2, 0.25) is 0 Å². The molecule has 2 aromatic heterocycles. The summed E-state index contributed by atoms with van der Waals surface area (Å²) in [6.07, 6.45) is 9.90. The van der Waals surface area contributed by atoms with Crippen LogP contribution in [-0.2, 0) is 0 Å². The van der Waals surface area contributed by atoms with Crippen LogP contribution in [0.25, 0.3) is 55.0 Å². The third kappa shape index (κ3) is 4.21. The van der Waals surface area contributed by atoms with Crippen molar-refractivity contribution in [2.24, 2.45) is 0 Å². The van der Waals surface area contributed by atoms with E-state index in [0.717, 1.165) is 29.2 Å². The summed E-state index contributed by atoms with van der Waals surface area (Å²) in [6, 6.07) is 54.4. The molecule has 0 radical (unpaired) electrons. The number of aromatic nitrogens is 2. The minimum absolute atomic E-state index is 0.806. The summed E-state index contributed by atoms with van der Waals surface area (Å²) in [6.45, 7) is 0. The van der Waals surface area contributed by atoms with Crippen molar-refractivity contribution in [3.05, 3.63) is 182 Å². The molecular weight excluding hydrogens is 558 g/mol. The molecule has 0 saturated carbocycles. The number of anilines is 2. The number of benzene rings is 6. The Morgan fingerprint density at radius 3 is 1.41 bits per heavy atom. The molecule has 8 aromatic rings. The lowest BCUT2D eigenvalue weighted by Gasteiger charge is -2.27. The lowest BCUT2D eigenvalue weighted by atomic mass is 10.1. The summed E-state index contributed by atoms with van der Waals surface area (Å²) < 4.78 is 4.75. The van der Waals surface area contributed by atoms with E-state index in [1.807, 2.05) is 0 Å². The van der Waals surface area contributed by atoms with Gasteiger partial charge in [-0.15, -0.1) is 0 Å². The normalized spacial score (nSPS) is 13.3. The number of para-hydroxylation sites is 5. The molecule has 46 heavy (non-hydrogen) atoms. The monoisotopic (exact) mass is 589 g/mol. The summed E-state index contributed by atoms with van der Waals surface area (Å²) in [7, 11) is 0. The van der Waals surface area contributed by atoms with Gasteiger partial charge in [0.1, 0.15) is 0 Å². The van der Waals surface area contributed by atoms with Gasteiger partial charge in [0, 0.05) is 56.4 Å². The zero-order valence-electron chi connectivity index (χ0n) is 25.3. The molecule has 218 valence electrons. The SMILES string of the molecule is C1=CC(n2c3ccccc3c3ccccc32)=CC=C(N(c2ccccc2)c2ccc(-n3c4ccccc4c4ccccc43)cc2)C1. The van der Waals surface area contributed by atoms with Crippen molar-refractivity contribution in [2.75, 3.05) is 4.90 Å². The van der Waals surface area contributed by atoms with E-state index in [2.05, 4.69) is 190 Å². The van der Waals surface area contributed by atoms with Gasteiger partial charge >= 0.3 is 0 Å². The van der Waals surface area contributed by atoms with Crippen molar-refractivity contribution in [2.45, 2.75) is 6.42 Å². The van der Waals surface area contributed by atoms with Crippen LogP contribution in [0, 0.1) is 0 Å². The van der Waals surface area contributed by atoms with E-state index in [9.17, 15) is 0 Å². The highest BCUT2D eigenvalue weighted by Gasteiger charge is 2.18. The molecule has 3 nitrogen and oxygen atoms in total. The lowest BCUT2D eigenvalue weighted by Crippen LogP contribution is -2.16. The molecule has 0 unspecified atom stereocenters. The molecule has 0 fully saturated rings. The summed E-state index contributed by atoms with van der Waals surface area (Å²) in [5.74, 6) is 0. The molecule has 1 aliphatic carbocycles. The van der Waals surface area contributed by atoms with Gasteiger partial charge in [-0.2, -0.15) is 0 Å². The van der Waals surface area contributed by atoms with Gasteiger partial charge in [0.05, 0.1) is 22.1 Å². The first-order valence-electron chi connectivity index (χ1n) is 15.8. The second-order valence-electron chi connectivity index (χ2n) is 11.8. The molecule has 0 saturated heterocycles. The highest BCUT2D eigenvalue weighted by atomic mass is 15.1. The number of hydrogen-bond donors (Lipinski definition) is 0. The van der Waals surface area contributed by atoms with Crippen molar-refractivity contribution in [1.82, 2.24) is 9.13 Å². The summed E-state index contributed by atoms with van der Waals surface area (Å²) in [5.41, 5.74) is 10.7. The van der Waals surface area contributed by atoms with Crippen LogP contribution in [0.15, 0.2) is 182 Å². The highest BCUT2D eigenvalue weighted by molar-refractivity contribution is 6.11. The fourth-order valence-corrected chi connectivity index (χ4v) is 7.13. The first-order chi connectivity index (χ1) is 22.8. The average molecular weight is 590 g/mol. The molecule has 0 spiro atoms. The van der Waals surface area contributed by atoms with E-state index in [1.54, 1.807) is 0 Å². The quantitative estimate of drug-likeness (QED) is 0.195. The lowest BCUT2D eigenvalue weighted by molar-refractivity contribution is 1.08. The summed E-state index contributed by atoms with van der Waals surface area (Å²) in [4.78, 5) is 2.38. The Bertz CT molecular complexity index is 2380. The summed E-state index contributed by atoms with van der Waals surface area (Å²) >= 11 is 0. The van der Waals surface area contributed by atoms with Gasteiger partial charge in [-0.25, -0.2) is 0 Å². The van der Waals surface area contributed by atoms with Crippen LogP contribution in [0.1, 0.15) is 6.42 Å². The van der Waals surface area contributed by atoms with Crippen molar-refractivity contribution >= 4 is 60.7 Å². The first kappa shape index (κ1) is 26.4. The zero-order chi connectivity index (χ0) is 30.5. The van der Waals surface area contributed by atoms with Gasteiger partial charge < -0.3 is 14.0 Å². The van der Waals surface area contributed by atoms with Crippen LogP contribution >= 0.6 is 0 Å². The first-order valence-corrected chi connectivity index (χ1v) is 15.8. The number of rotatable bonds is 5. The topological polar surface area (TPSA) is 13.1 Å². The molecule has 0 bridgehead atoms. The van der Waals surface area contributed by atoms with Crippen molar-refractivity contribution in [3.63, 3.8) is 0 Å². The molecule has 3 heteroatoms. The maximum atomic E-state index is 2.38. The van der Waals surface area contributed by atoms with Gasteiger partial charge in [-0.1, -0.05) is 97.1 Å². The second kappa shape index (κ2) is 10.8. The largest absolute Gasteiger partial charge is 0.314 e. The predicted octanol–water partition coefficient (Wildman–Crippen LogP) is 11.4. The second-order valence-corrected chi connectivity index (χ2v) is 11.8. The number of allylic oxidation sites excluding steroid dienone is 5. The fourth-order valence-electron chi connectivity index (χ4n) is 7.13. The Morgan fingerprint density at radius 1 is 0.413 bits per heavy atom. The molecule has 1 aliphatic rings. The van der Waals surface area contributed by atoms with Gasteiger partial charge in [-0.05, 0) is 78.9 Å². The third-order valence-electron chi connectivity index (χ3n) is 9.15. The average Bonchev–Trinajstić information content (AvgIpc) is 3.52. The maximum Gasteiger partial charge on any atom is 0.0541 e. The van der Waals surface area contributed by atoms with Crippen LogP contribution in [0.2, 0.25) is 0 Å². The smallest absolute Gasteiger partial charge is 0.0541 e. The van der Waals surface area contributed by atoms with Crippen molar-refractivity contribution in [1.29, 1.82) is 0 Å². The number of hydrogen-bond acceptors (Lipinski definition) is 1. The highest BCUT2D eigenvalue weighted by Crippen LogP contribution is 2.37. The molecular formula is C43H31N3. The van der Waals surface area contributed by atoms with Crippen LogP contribution in [-0.4, -0.2) is 9.13 Å². The van der Waals surface area contributed by atoms with Gasteiger partial charge in [-0.3, -0.25) is 0 Å². The third-order valence-corrected chi connectivity index (χ3v) is 9.15. The molecule has 9 rings (SSSR count). The molecule has 0 atom stereocenters. The standard InChI is InChI=1S/C43H31N3/c1-2-13-31(14-3-1)44(34-27-29-35(30-28-34)46-42-23-10-6-19-38(42)39-20-7-11-24-43(39)46)32-15-12-16-33(26-25-32)45-40-21-8-4-17-36(40)37-18-5-9-22-41(37)45/h1-14,16-30H,15H2. The minimum Gasteiger partial charge on any atom is -0.314 e. The Balaban J connectivity index is 1.16. The number of fused-ring (bicyclic) bond motifs is 6. The fraction of sp³-hybridized carbons (Fsp3) is 0.0233. The molecule has 0 N–H and O–H groups in total. The van der Waals surface area contributed by atoms with Crippen LogP contribution in [0.3, 0.4) is 0 Å². The predicted molar refractivity (Wildman–Crippen MR) is 195 cm³/mol. The zero-order valence-corrected chi connectivity index (χ0v) is 25.3. The van der Waals surface area contributed by atoms with E-state index in [0.29, 0.717) is 0 Å². The summed E-state index contributed by atoms with van der Waals surface area (Å²) in [5, 5.41) is 5.09.